The number of rotatable bonds is 7. The van der Waals surface area contributed by atoms with Crippen molar-refractivity contribution in [2.24, 2.45) is 0 Å². The Morgan fingerprint density at radius 1 is 1.39 bits per heavy atom. The molecule has 0 fully saturated rings. The van der Waals surface area contributed by atoms with Crippen molar-refractivity contribution in [3.05, 3.63) is 21.3 Å². The van der Waals surface area contributed by atoms with Crippen LogP contribution in [0, 0.1) is 0 Å². The fourth-order valence-corrected chi connectivity index (χ4v) is 2.77. The lowest BCUT2D eigenvalue weighted by Crippen LogP contribution is -2.40. The summed E-state index contributed by atoms with van der Waals surface area (Å²) in [7, 11) is 0. The van der Waals surface area contributed by atoms with E-state index in [-0.39, 0.29) is 18.0 Å². The summed E-state index contributed by atoms with van der Waals surface area (Å²) in [5.41, 5.74) is 0. The van der Waals surface area contributed by atoms with Crippen molar-refractivity contribution in [1.29, 1.82) is 0 Å². The number of halogens is 1. The molecule has 2 N–H and O–H groups in total. The molecule has 1 aromatic heterocycles. The first kappa shape index (κ1) is 15.5. The van der Waals surface area contributed by atoms with Crippen LogP contribution in [0.25, 0.3) is 0 Å². The van der Waals surface area contributed by atoms with Gasteiger partial charge in [0.05, 0.1) is 10.9 Å². The van der Waals surface area contributed by atoms with Gasteiger partial charge >= 0.3 is 0 Å². The average Bonchev–Trinajstić information content (AvgIpc) is 2.79. The summed E-state index contributed by atoms with van der Waals surface area (Å²) >= 11 is 7.43. The van der Waals surface area contributed by atoms with Gasteiger partial charge in [0.2, 0.25) is 5.91 Å². The molecule has 0 aliphatic carbocycles. The highest BCUT2D eigenvalue weighted by Gasteiger charge is 2.11. The second-order valence-electron chi connectivity index (χ2n) is 4.33. The lowest BCUT2D eigenvalue weighted by atomic mass is 10.2. The molecule has 1 amide bonds. The molecular weight excluding hydrogens is 268 g/mol. The van der Waals surface area contributed by atoms with Crippen LogP contribution in [0.1, 0.15) is 44.5 Å². The summed E-state index contributed by atoms with van der Waals surface area (Å²) in [6.07, 6.45) is 1.94. The molecule has 0 aliphatic heterocycles. The summed E-state index contributed by atoms with van der Waals surface area (Å²) in [6.45, 7) is 6.54. The van der Waals surface area contributed by atoms with E-state index in [1.54, 1.807) is 11.3 Å². The van der Waals surface area contributed by atoms with Gasteiger partial charge < -0.3 is 10.6 Å². The van der Waals surface area contributed by atoms with E-state index in [4.69, 9.17) is 11.6 Å². The summed E-state index contributed by atoms with van der Waals surface area (Å²) in [4.78, 5) is 12.9. The molecule has 3 nitrogen and oxygen atoms in total. The molecule has 0 bridgehead atoms. The zero-order valence-corrected chi connectivity index (χ0v) is 12.7. The van der Waals surface area contributed by atoms with Gasteiger partial charge in [-0.15, -0.1) is 11.3 Å². The third-order valence-corrected chi connectivity index (χ3v) is 4.35. The minimum absolute atomic E-state index is 0.0539. The summed E-state index contributed by atoms with van der Waals surface area (Å²) in [6, 6.07) is 4.30. The second-order valence-corrected chi connectivity index (χ2v) is 6.07. The monoisotopic (exact) mass is 288 g/mol. The molecule has 1 rings (SSSR count). The highest BCUT2D eigenvalue weighted by molar-refractivity contribution is 7.16. The van der Waals surface area contributed by atoms with Gasteiger partial charge in [-0.05, 0) is 31.9 Å². The Hall–Kier alpha value is -0.580. The van der Waals surface area contributed by atoms with Gasteiger partial charge in [-0.3, -0.25) is 4.79 Å². The maximum Gasteiger partial charge on any atom is 0.234 e. The van der Waals surface area contributed by atoms with Crippen molar-refractivity contribution in [3.63, 3.8) is 0 Å². The molecule has 1 unspecified atom stereocenters. The fourth-order valence-electron chi connectivity index (χ4n) is 1.68. The van der Waals surface area contributed by atoms with E-state index in [0.717, 1.165) is 22.1 Å². The Morgan fingerprint density at radius 3 is 2.56 bits per heavy atom. The summed E-state index contributed by atoms with van der Waals surface area (Å²) < 4.78 is 0.778. The first-order valence-corrected chi connectivity index (χ1v) is 7.54. The molecule has 5 heteroatoms. The Kier molecular flexibility index (Phi) is 6.68. The predicted octanol–water partition coefficient (Wildman–Crippen LogP) is 3.36. The number of hydrogen-bond acceptors (Lipinski definition) is 3. The SMILES string of the molecule is CCC(CC)NC(=O)CNC(C)c1ccc(Cl)s1. The zero-order valence-electron chi connectivity index (χ0n) is 11.1. The summed E-state index contributed by atoms with van der Waals surface area (Å²) in [5.74, 6) is 0.0539. The lowest BCUT2D eigenvalue weighted by Gasteiger charge is -2.16. The third-order valence-electron chi connectivity index (χ3n) is 2.94. The van der Waals surface area contributed by atoms with Crippen LogP contribution >= 0.6 is 22.9 Å². The molecule has 1 atom stereocenters. The quantitative estimate of drug-likeness (QED) is 0.808. The lowest BCUT2D eigenvalue weighted by molar-refractivity contribution is -0.121. The Balaban J connectivity index is 2.34. The fraction of sp³-hybridized carbons (Fsp3) is 0.615. The van der Waals surface area contributed by atoms with Gasteiger partial charge in [-0.1, -0.05) is 25.4 Å². The van der Waals surface area contributed by atoms with Crippen LogP contribution in [0.5, 0.6) is 0 Å². The Morgan fingerprint density at radius 2 is 2.06 bits per heavy atom. The van der Waals surface area contributed by atoms with E-state index < -0.39 is 0 Å². The third kappa shape index (κ3) is 4.96. The van der Waals surface area contributed by atoms with E-state index in [2.05, 4.69) is 24.5 Å². The normalized spacial score (nSPS) is 12.7. The van der Waals surface area contributed by atoms with Crippen LogP contribution in [0.2, 0.25) is 4.34 Å². The summed E-state index contributed by atoms with van der Waals surface area (Å²) in [5, 5.41) is 6.21. The van der Waals surface area contributed by atoms with E-state index in [0.29, 0.717) is 6.54 Å². The van der Waals surface area contributed by atoms with Crippen molar-refractivity contribution in [1.82, 2.24) is 10.6 Å². The number of hydrogen-bond donors (Lipinski definition) is 2. The van der Waals surface area contributed by atoms with Gasteiger partial charge in [0.1, 0.15) is 0 Å². The van der Waals surface area contributed by atoms with Crippen molar-refractivity contribution in [2.45, 2.75) is 45.7 Å². The van der Waals surface area contributed by atoms with Gasteiger partial charge in [0.15, 0.2) is 0 Å². The van der Waals surface area contributed by atoms with Crippen molar-refractivity contribution in [2.75, 3.05) is 6.54 Å². The maximum atomic E-state index is 11.7. The number of carbonyl (C=O) groups excluding carboxylic acids is 1. The minimum atomic E-state index is 0.0539. The molecule has 1 aromatic rings. The molecular formula is C13H21ClN2OS. The predicted molar refractivity (Wildman–Crippen MR) is 78.3 cm³/mol. The number of amides is 1. The average molecular weight is 289 g/mol. The van der Waals surface area contributed by atoms with Crippen molar-refractivity contribution in [3.8, 4) is 0 Å². The first-order valence-electron chi connectivity index (χ1n) is 6.34. The maximum absolute atomic E-state index is 11.7. The number of thiophene rings is 1. The standard InChI is InChI=1S/C13H21ClN2OS/c1-4-10(5-2)16-13(17)8-15-9(3)11-6-7-12(14)18-11/h6-7,9-10,15H,4-5,8H2,1-3H3,(H,16,17). The molecule has 0 spiro atoms. The highest BCUT2D eigenvalue weighted by atomic mass is 35.5. The van der Waals surface area contributed by atoms with Crippen LogP contribution in [0.3, 0.4) is 0 Å². The molecule has 0 aromatic carbocycles. The molecule has 0 radical (unpaired) electrons. The van der Waals surface area contributed by atoms with Gasteiger partial charge in [0.25, 0.3) is 0 Å². The first-order chi connectivity index (χ1) is 8.56. The van der Waals surface area contributed by atoms with Crippen LogP contribution in [-0.2, 0) is 4.79 Å². The number of nitrogens with one attached hydrogen (secondary N) is 2. The largest absolute Gasteiger partial charge is 0.352 e. The highest BCUT2D eigenvalue weighted by Crippen LogP contribution is 2.26. The van der Waals surface area contributed by atoms with Gasteiger partial charge in [-0.2, -0.15) is 0 Å². The van der Waals surface area contributed by atoms with Crippen molar-refractivity contribution >= 4 is 28.8 Å². The molecule has 0 aliphatic rings. The van der Waals surface area contributed by atoms with Crippen LogP contribution in [-0.4, -0.2) is 18.5 Å². The minimum Gasteiger partial charge on any atom is -0.352 e. The van der Waals surface area contributed by atoms with Crippen LogP contribution in [0.15, 0.2) is 12.1 Å². The molecule has 0 saturated heterocycles. The second kappa shape index (κ2) is 7.77. The molecule has 102 valence electrons. The molecule has 0 saturated carbocycles. The molecule has 18 heavy (non-hydrogen) atoms. The Bertz CT molecular complexity index is 377. The van der Waals surface area contributed by atoms with Crippen LogP contribution in [0.4, 0.5) is 0 Å². The number of carbonyl (C=O) groups is 1. The zero-order chi connectivity index (χ0) is 13.5. The molecule has 1 heterocycles. The Labute approximate surface area is 118 Å². The van der Waals surface area contributed by atoms with E-state index in [1.165, 1.54) is 0 Å². The van der Waals surface area contributed by atoms with E-state index in [9.17, 15) is 4.79 Å². The smallest absolute Gasteiger partial charge is 0.234 e. The van der Waals surface area contributed by atoms with Crippen molar-refractivity contribution < 1.29 is 4.79 Å². The van der Waals surface area contributed by atoms with Crippen LogP contribution < -0.4 is 10.6 Å². The topological polar surface area (TPSA) is 41.1 Å². The van der Waals surface area contributed by atoms with Gasteiger partial charge in [0, 0.05) is 17.0 Å². The van der Waals surface area contributed by atoms with E-state index >= 15 is 0 Å². The van der Waals surface area contributed by atoms with Gasteiger partial charge in [-0.25, -0.2) is 0 Å². The van der Waals surface area contributed by atoms with E-state index in [1.807, 2.05) is 19.1 Å².